The summed E-state index contributed by atoms with van der Waals surface area (Å²) in [5, 5.41) is 0. The van der Waals surface area contributed by atoms with Crippen LogP contribution < -0.4 is 5.73 Å². The zero-order chi connectivity index (χ0) is 55.9. The van der Waals surface area contributed by atoms with Crippen LogP contribution in [0.1, 0.15) is 219 Å². The number of ether oxygens (including phenoxy) is 2. The van der Waals surface area contributed by atoms with Gasteiger partial charge in [0.05, 0.1) is 13.2 Å². The number of esters is 2. The molecular formula is C67H108NO8P. The van der Waals surface area contributed by atoms with Crippen LogP contribution in [0.2, 0.25) is 0 Å². The molecule has 2 unspecified atom stereocenters. The molecule has 0 aromatic carbocycles. The Morgan fingerprint density at radius 1 is 0.403 bits per heavy atom. The highest BCUT2D eigenvalue weighted by Gasteiger charge is 2.26. The van der Waals surface area contributed by atoms with E-state index in [0.29, 0.717) is 12.8 Å². The lowest BCUT2D eigenvalue weighted by molar-refractivity contribution is -0.161. The van der Waals surface area contributed by atoms with Gasteiger partial charge in [-0.25, -0.2) is 4.57 Å². The maximum atomic E-state index is 12.7. The first-order valence-corrected chi connectivity index (χ1v) is 31.5. The van der Waals surface area contributed by atoms with Gasteiger partial charge in [-0.05, 0) is 128 Å². The predicted molar refractivity (Wildman–Crippen MR) is 330 cm³/mol. The molecule has 0 fully saturated rings. The Balaban J connectivity index is 4.11. The first-order valence-electron chi connectivity index (χ1n) is 30.0. The molecule has 2 atom stereocenters. The van der Waals surface area contributed by atoms with Crippen molar-refractivity contribution in [2.24, 2.45) is 5.73 Å². The molecule has 434 valence electrons. The van der Waals surface area contributed by atoms with Crippen molar-refractivity contribution in [3.05, 3.63) is 158 Å². The van der Waals surface area contributed by atoms with Crippen LogP contribution in [-0.4, -0.2) is 49.3 Å². The second-order valence-corrected chi connectivity index (χ2v) is 20.6. The third-order valence-electron chi connectivity index (χ3n) is 11.9. The maximum Gasteiger partial charge on any atom is 0.472 e. The summed E-state index contributed by atoms with van der Waals surface area (Å²) in [6, 6.07) is 0. The SMILES string of the molecule is CC/C=C\C/C=C\C/C=C\C/C=C\C/C=C\C/C=C\C/C=C\C/C=C\C/C=C\C/C=C\C/C=C\C/C=C\CCCCC(=O)OC(COC(=O)CCCCCCCCC/C=C\CCCCCCCC)COP(=O)(O)OCCN. The molecule has 0 aliphatic heterocycles. The topological polar surface area (TPSA) is 134 Å². The van der Waals surface area contributed by atoms with E-state index in [1.165, 1.54) is 64.2 Å². The Morgan fingerprint density at radius 3 is 1.10 bits per heavy atom. The lowest BCUT2D eigenvalue weighted by atomic mass is 10.1. The molecule has 0 saturated carbocycles. The standard InChI is InChI=1S/C67H108NO8P/c1-3-5-7-9-11-13-15-17-19-21-22-23-24-25-26-27-28-29-30-31-32-33-34-35-36-37-38-39-40-41-42-44-46-48-50-52-54-56-58-60-67(70)76-65(64-75-77(71,72)74-62-61-68)63-73-66(69)59-57-55-53-51-49-47-45-43-20-18-16-14-12-10-8-6-4-2/h5,7,11,13,17-20,22-23,25-26,28-29,31-32,34-35,37-38,40-41,44,46,50,52,65H,3-4,6,8-10,12,14-16,21,24,27,30,33,36,39,42-43,45,47-49,51,53-64,68H2,1-2H3,(H,71,72)/b7-5-,13-11-,19-17-,20-18-,23-22-,26-25-,29-28-,32-31-,35-34-,38-37-,41-40-,46-44-,52-50-. The van der Waals surface area contributed by atoms with Crippen molar-refractivity contribution in [1.29, 1.82) is 0 Å². The van der Waals surface area contributed by atoms with Gasteiger partial charge >= 0.3 is 19.8 Å². The summed E-state index contributed by atoms with van der Waals surface area (Å²) >= 11 is 0. The Hall–Kier alpha value is -4.37. The molecule has 0 heterocycles. The quantitative estimate of drug-likeness (QED) is 0.0264. The van der Waals surface area contributed by atoms with E-state index in [-0.39, 0.29) is 32.6 Å². The monoisotopic (exact) mass is 1090 g/mol. The lowest BCUT2D eigenvalue weighted by Gasteiger charge is -2.19. The van der Waals surface area contributed by atoms with E-state index in [1.54, 1.807) is 0 Å². The van der Waals surface area contributed by atoms with E-state index >= 15 is 0 Å². The Labute approximate surface area is 470 Å². The smallest absolute Gasteiger partial charge is 0.462 e. The fourth-order valence-electron chi connectivity index (χ4n) is 7.49. The molecule has 10 heteroatoms. The molecule has 3 N–H and O–H groups in total. The van der Waals surface area contributed by atoms with Crippen molar-refractivity contribution in [2.45, 2.75) is 225 Å². The molecule has 0 aliphatic carbocycles. The number of rotatable bonds is 54. The molecule has 0 aromatic rings. The fraction of sp³-hybridized carbons (Fsp3) is 0.582. The Bertz CT molecular complexity index is 1810. The highest BCUT2D eigenvalue weighted by molar-refractivity contribution is 7.47. The first kappa shape index (κ1) is 72.6. The average Bonchev–Trinajstić information content (AvgIpc) is 3.42. The minimum Gasteiger partial charge on any atom is -0.462 e. The summed E-state index contributed by atoms with van der Waals surface area (Å²) in [6.45, 7) is 3.55. The molecule has 77 heavy (non-hydrogen) atoms. The molecule has 0 amide bonds. The van der Waals surface area contributed by atoms with Crippen LogP contribution in [0.4, 0.5) is 0 Å². The van der Waals surface area contributed by atoms with Crippen LogP contribution >= 0.6 is 7.82 Å². The molecule has 0 aromatic heterocycles. The van der Waals surface area contributed by atoms with E-state index in [9.17, 15) is 19.0 Å². The van der Waals surface area contributed by atoms with Crippen LogP contribution in [0, 0.1) is 0 Å². The van der Waals surface area contributed by atoms with Crippen LogP contribution in [0.3, 0.4) is 0 Å². The number of unbranched alkanes of at least 4 members (excludes halogenated alkanes) is 15. The van der Waals surface area contributed by atoms with Crippen molar-refractivity contribution < 1.29 is 37.6 Å². The van der Waals surface area contributed by atoms with E-state index in [1.807, 2.05) is 0 Å². The summed E-state index contributed by atoms with van der Waals surface area (Å²) in [5.74, 6) is -0.895. The molecule has 0 bridgehead atoms. The molecular weight excluding hydrogens is 978 g/mol. The third-order valence-corrected chi connectivity index (χ3v) is 12.9. The minimum atomic E-state index is -4.41. The van der Waals surface area contributed by atoms with Gasteiger partial charge in [0.25, 0.3) is 0 Å². The van der Waals surface area contributed by atoms with E-state index in [0.717, 1.165) is 116 Å². The average molecular weight is 1090 g/mol. The van der Waals surface area contributed by atoms with Crippen molar-refractivity contribution in [3.63, 3.8) is 0 Å². The Kier molecular flexibility index (Phi) is 57.4. The highest BCUT2D eigenvalue weighted by atomic mass is 31.2. The van der Waals surface area contributed by atoms with Gasteiger partial charge in [-0.3, -0.25) is 18.6 Å². The fourth-order valence-corrected chi connectivity index (χ4v) is 8.26. The third kappa shape index (κ3) is 60.7. The number of carbonyl (C=O) groups excluding carboxylic acids is 2. The number of hydrogen-bond donors (Lipinski definition) is 2. The van der Waals surface area contributed by atoms with Crippen molar-refractivity contribution in [1.82, 2.24) is 0 Å². The zero-order valence-corrected chi connectivity index (χ0v) is 49.3. The predicted octanol–water partition coefficient (Wildman–Crippen LogP) is 19.3. The van der Waals surface area contributed by atoms with Crippen molar-refractivity contribution >= 4 is 19.8 Å². The van der Waals surface area contributed by atoms with Gasteiger partial charge in [0, 0.05) is 19.4 Å². The molecule has 0 saturated heterocycles. The number of allylic oxidation sites excluding steroid dienone is 26. The second-order valence-electron chi connectivity index (χ2n) is 19.1. The van der Waals surface area contributed by atoms with Gasteiger partial charge in [0.15, 0.2) is 6.10 Å². The van der Waals surface area contributed by atoms with Crippen LogP contribution in [0.15, 0.2) is 158 Å². The van der Waals surface area contributed by atoms with Crippen LogP contribution in [-0.2, 0) is 32.7 Å². The molecule has 0 radical (unpaired) electrons. The van der Waals surface area contributed by atoms with Crippen LogP contribution in [0.25, 0.3) is 0 Å². The Morgan fingerprint density at radius 2 is 0.714 bits per heavy atom. The highest BCUT2D eigenvalue weighted by Crippen LogP contribution is 2.43. The van der Waals surface area contributed by atoms with E-state index < -0.39 is 32.5 Å². The van der Waals surface area contributed by atoms with E-state index in [2.05, 4.69) is 172 Å². The number of nitrogens with two attached hydrogens (primary N) is 1. The second kappa shape index (κ2) is 60.9. The number of carbonyl (C=O) groups is 2. The normalized spacial score (nSPS) is 14.2. The maximum absolute atomic E-state index is 12.7. The molecule has 9 nitrogen and oxygen atoms in total. The number of phosphoric ester groups is 1. The van der Waals surface area contributed by atoms with Gasteiger partial charge in [-0.1, -0.05) is 236 Å². The largest absolute Gasteiger partial charge is 0.472 e. The first-order chi connectivity index (χ1) is 37.8. The number of hydrogen-bond acceptors (Lipinski definition) is 8. The zero-order valence-electron chi connectivity index (χ0n) is 48.4. The summed E-state index contributed by atoms with van der Waals surface area (Å²) in [4.78, 5) is 35.1. The number of phosphoric acid groups is 1. The van der Waals surface area contributed by atoms with Gasteiger partial charge in [0.1, 0.15) is 6.61 Å². The van der Waals surface area contributed by atoms with Gasteiger partial charge in [-0.15, -0.1) is 0 Å². The van der Waals surface area contributed by atoms with Gasteiger partial charge in [-0.2, -0.15) is 0 Å². The van der Waals surface area contributed by atoms with Gasteiger partial charge in [0.2, 0.25) is 0 Å². The van der Waals surface area contributed by atoms with Crippen molar-refractivity contribution in [3.8, 4) is 0 Å². The summed E-state index contributed by atoms with van der Waals surface area (Å²) in [5.41, 5.74) is 5.37. The van der Waals surface area contributed by atoms with E-state index in [4.69, 9.17) is 24.3 Å². The molecule has 0 spiro atoms. The summed E-state index contributed by atoms with van der Waals surface area (Å²) < 4.78 is 32.9. The van der Waals surface area contributed by atoms with Crippen molar-refractivity contribution in [2.75, 3.05) is 26.4 Å². The molecule has 0 rings (SSSR count). The molecule has 0 aliphatic rings. The van der Waals surface area contributed by atoms with Gasteiger partial charge < -0.3 is 20.1 Å². The lowest BCUT2D eigenvalue weighted by Crippen LogP contribution is -2.29. The minimum absolute atomic E-state index is 0.0375. The van der Waals surface area contributed by atoms with Crippen LogP contribution in [0.5, 0.6) is 0 Å². The summed E-state index contributed by atoms with van der Waals surface area (Å²) in [7, 11) is -4.41. The summed E-state index contributed by atoms with van der Waals surface area (Å²) in [6.07, 6.45) is 88.8.